The summed E-state index contributed by atoms with van der Waals surface area (Å²) in [5.74, 6) is -0.326. The number of carbonyl (C=O) groups excluding carboxylic acids is 1. The van der Waals surface area contributed by atoms with E-state index in [4.69, 9.17) is 28.6 Å². The van der Waals surface area contributed by atoms with Crippen LogP contribution >= 0.6 is 0 Å². The number of alkyl carbamates (subject to hydrolysis) is 1. The van der Waals surface area contributed by atoms with Gasteiger partial charge in [-0.1, -0.05) is 18.2 Å². The first-order valence-electron chi connectivity index (χ1n) is 19.8. The highest BCUT2D eigenvalue weighted by Crippen LogP contribution is 2.42. The van der Waals surface area contributed by atoms with Crippen molar-refractivity contribution in [1.82, 2.24) is 29.5 Å². The van der Waals surface area contributed by atoms with Gasteiger partial charge in [-0.2, -0.15) is 31.7 Å². The van der Waals surface area contributed by atoms with Crippen LogP contribution in [-0.4, -0.2) is 104 Å². The predicted octanol–water partition coefficient (Wildman–Crippen LogP) is 7.01. The first-order chi connectivity index (χ1) is 27.4. The number of carbonyl (C=O) groups is 1. The second-order valence-electron chi connectivity index (χ2n) is 16.3. The number of alkyl halides is 3. The number of anilines is 1. The van der Waals surface area contributed by atoms with Gasteiger partial charge in [-0.05, 0) is 113 Å². The zero-order valence-electron chi connectivity index (χ0n) is 31.7. The van der Waals surface area contributed by atoms with E-state index >= 15 is 4.39 Å². The monoisotopic (exact) mass is 811 g/mol. The molecule has 10 rings (SSSR count). The van der Waals surface area contributed by atoms with Crippen LogP contribution in [0.4, 0.5) is 28.2 Å². The molecule has 6 bridgehead atoms. The molecule has 6 aliphatic rings. The van der Waals surface area contributed by atoms with E-state index in [1.54, 1.807) is 18.2 Å². The summed E-state index contributed by atoms with van der Waals surface area (Å²) in [6.07, 6.45) is 2.89. The Morgan fingerprint density at radius 2 is 1.84 bits per heavy atom. The molecule has 12 nitrogen and oxygen atoms in total. The fraction of sp³-hybridized carbons (Fsp3) is 0.550. The summed E-state index contributed by atoms with van der Waals surface area (Å²) in [4.78, 5) is 31.9. The molecule has 8 heterocycles. The van der Waals surface area contributed by atoms with Gasteiger partial charge in [0, 0.05) is 31.4 Å². The lowest BCUT2D eigenvalue weighted by atomic mass is 9.91. The molecule has 1 N–H and O–H groups in total. The van der Waals surface area contributed by atoms with Crippen molar-refractivity contribution in [3.05, 3.63) is 47.9 Å². The second-order valence-corrected chi connectivity index (χ2v) is 17.4. The van der Waals surface area contributed by atoms with Gasteiger partial charge in [0.15, 0.2) is 5.82 Å². The number of piperidine rings is 1. The third-order valence-corrected chi connectivity index (χ3v) is 13.5. The van der Waals surface area contributed by atoms with E-state index in [9.17, 15) is 22.2 Å². The number of pyridine rings is 1. The number of aryl methyl sites for hydroxylation is 1. The van der Waals surface area contributed by atoms with Gasteiger partial charge in [-0.25, -0.2) is 9.18 Å². The molecular weight excluding hydrogens is 767 g/mol. The molecule has 6 aliphatic heterocycles. The number of nitrogens with one attached hydrogen (secondary N) is 1. The van der Waals surface area contributed by atoms with Crippen LogP contribution in [-0.2, 0) is 22.4 Å². The van der Waals surface area contributed by atoms with Gasteiger partial charge in [-0.3, -0.25) is 9.88 Å². The Morgan fingerprint density at radius 3 is 2.65 bits per heavy atom. The van der Waals surface area contributed by atoms with Gasteiger partial charge in [0.05, 0.1) is 23.1 Å². The molecule has 2 aromatic heterocycles. The van der Waals surface area contributed by atoms with Crippen LogP contribution in [0.5, 0.6) is 11.8 Å². The van der Waals surface area contributed by atoms with E-state index < -0.39 is 40.9 Å². The largest absolute Gasteiger partial charge is 0.461 e. The van der Waals surface area contributed by atoms with E-state index in [2.05, 4.69) is 10.2 Å². The number of amides is 1. The predicted molar refractivity (Wildman–Crippen MR) is 206 cm³/mol. The Morgan fingerprint density at radius 1 is 1.04 bits per heavy atom. The van der Waals surface area contributed by atoms with E-state index in [0.29, 0.717) is 67.4 Å². The lowest BCUT2D eigenvalue weighted by Gasteiger charge is -2.41. The summed E-state index contributed by atoms with van der Waals surface area (Å²) in [5, 5.41) is 4.61. The third kappa shape index (κ3) is 7.24. The van der Waals surface area contributed by atoms with Crippen LogP contribution in [0.1, 0.15) is 70.3 Å². The molecule has 17 heteroatoms. The summed E-state index contributed by atoms with van der Waals surface area (Å²) >= 11 is -2.49. The zero-order chi connectivity index (χ0) is 39.5. The molecule has 0 spiro atoms. The molecule has 0 aliphatic carbocycles. The lowest BCUT2D eigenvalue weighted by molar-refractivity contribution is -0.165. The number of rotatable bonds is 6. The maximum Gasteiger partial charge on any atom is 0.407 e. The van der Waals surface area contributed by atoms with Crippen molar-refractivity contribution in [2.45, 2.75) is 94.4 Å². The highest BCUT2D eigenvalue weighted by molar-refractivity contribution is 7.78. The Hall–Kier alpha value is -4.35. The fourth-order valence-corrected chi connectivity index (χ4v) is 10.8. The highest BCUT2D eigenvalue weighted by Gasteiger charge is 2.49. The molecule has 0 saturated carbocycles. The summed E-state index contributed by atoms with van der Waals surface area (Å²) in [7, 11) is 0. The van der Waals surface area contributed by atoms with Gasteiger partial charge in [0.25, 0.3) is 11.3 Å². The van der Waals surface area contributed by atoms with Crippen molar-refractivity contribution in [1.29, 1.82) is 0 Å². The van der Waals surface area contributed by atoms with Crippen LogP contribution in [0.2, 0.25) is 0 Å². The number of halogens is 4. The van der Waals surface area contributed by atoms with Crippen molar-refractivity contribution >= 4 is 44.9 Å². The summed E-state index contributed by atoms with van der Waals surface area (Å²) < 4.78 is 91.1. The Balaban J connectivity index is 1.19. The van der Waals surface area contributed by atoms with Gasteiger partial charge < -0.3 is 23.9 Å². The molecule has 57 heavy (non-hydrogen) atoms. The number of hydrogen-bond donors (Lipinski definition) is 1. The normalized spacial score (nSPS) is 24.8. The lowest BCUT2D eigenvalue weighted by Crippen LogP contribution is -2.57. The molecule has 304 valence electrons. The number of benzene rings is 2. The average Bonchev–Trinajstić information content (AvgIpc) is 3.92. The molecule has 4 fully saturated rings. The first-order valence-corrected chi connectivity index (χ1v) is 20.9. The van der Waals surface area contributed by atoms with Gasteiger partial charge in [0.1, 0.15) is 35.4 Å². The summed E-state index contributed by atoms with van der Waals surface area (Å²) in [5.41, 5.74) is 0.200. The molecule has 4 saturated heterocycles. The standard InChI is InChI=1S/C40H45F4N7O5S/c1-38-12-5-15-49(23-38)35-29-22-45-33(32(41)34(29)46-36(47-35)55-24-39-13-6-16-50(39)17-7-14-39)28-21-27(56-57(53)51-18-3-11-30(51)40(42,43)44)20-26-9-2-8-25(31(26)28)10-4-19-54-37(52)48-38/h2,8-9,20-22,30H,3-7,10-19,23-24H2,1H3,(H,48,52). The molecule has 2 aromatic carbocycles. The fourth-order valence-electron chi connectivity index (χ4n) is 9.70. The number of aromatic nitrogens is 3. The first kappa shape index (κ1) is 38.2. The molecule has 0 radical (unpaired) electrons. The maximum absolute atomic E-state index is 17.5. The summed E-state index contributed by atoms with van der Waals surface area (Å²) in [6.45, 7) is 5.34. The van der Waals surface area contributed by atoms with E-state index in [1.165, 1.54) is 12.3 Å². The van der Waals surface area contributed by atoms with Gasteiger partial charge in [-0.15, -0.1) is 0 Å². The van der Waals surface area contributed by atoms with Crippen LogP contribution in [0.25, 0.3) is 32.9 Å². The highest BCUT2D eigenvalue weighted by atomic mass is 32.2. The Labute approximate surface area is 330 Å². The van der Waals surface area contributed by atoms with Crippen LogP contribution in [0.15, 0.2) is 36.5 Å². The molecule has 3 unspecified atom stereocenters. The van der Waals surface area contributed by atoms with Crippen molar-refractivity contribution in [2.24, 2.45) is 0 Å². The minimum atomic E-state index is -4.58. The molecule has 3 atom stereocenters. The van der Waals surface area contributed by atoms with Crippen molar-refractivity contribution in [3.8, 4) is 23.0 Å². The minimum Gasteiger partial charge on any atom is -0.461 e. The van der Waals surface area contributed by atoms with Crippen molar-refractivity contribution in [3.63, 3.8) is 0 Å². The molecule has 1 amide bonds. The number of nitrogens with zero attached hydrogens (tertiary/aromatic N) is 6. The topological polar surface area (TPSA) is 122 Å². The average molecular weight is 812 g/mol. The van der Waals surface area contributed by atoms with Crippen molar-refractivity contribution < 1.29 is 40.2 Å². The number of hydrogen-bond acceptors (Lipinski definition) is 10. The summed E-state index contributed by atoms with van der Waals surface area (Å²) in [6, 6.07) is 6.64. The zero-order valence-corrected chi connectivity index (χ0v) is 32.5. The third-order valence-electron chi connectivity index (χ3n) is 12.4. The Kier molecular flexibility index (Phi) is 9.91. The molecular formula is C40H45F4N7O5S. The molecule has 4 aromatic rings. The van der Waals surface area contributed by atoms with E-state index in [-0.39, 0.29) is 60.1 Å². The van der Waals surface area contributed by atoms with Crippen LogP contribution < -0.4 is 19.1 Å². The number of ether oxygens (including phenoxy) is 2. The maximum atomic E-state index is 17.5. The van der Waals surface area contributed by atoms with E-state index in [1.807, 2.05) is 17.9 Å². The SMILES string of the molecule is CC12CCCN(C1)c1nc(OCC34CCCN3CCC4)nc3c(F)c(ncc13)-c1cc(OS(=O)N3CCCC3C(F)(F)F)cc3cccc(c13)CCCOC(=O)N2. The quantitative estimate of drug-likeness (QED) is 0.204. The second kappa shape index (κ2) is 14.8. The van der Waals surface area contributed by atoms with E-state index in [0.717, 1.165) is 48.6 Å². The number of fused-ring (bicyclic) bond motifs is 7. The van der Waals surface area contributed by atoms with Gasteiger partial charge in [0.2, 0.25) is 0 Å². The van der Waals surface area contributed by atoms with Crippen LogP contribution in [0.3, 0.4) is 0 Å². The smallest absolute Gasteiger partial charge is 0.407 e. The van der Waals surface area contributed by atoms with Gasteiger partial charge >= 0.3 is 18.3 Å². The van der Waals surface area contributed by atoms with Crippen molar-refractivity contribution in [2.75, 3.05) is 50.8 Å². The van der Waals surface area contributed by atoms with Crippen LogP contribution in [0, 0.1) is 5.82 Å². The Bertz CT molecular complexity index is 2240. The minimum absolute atomic E-state index is 0.00932.